The van der Waals surface area contributed by atoms with Gasteiger partial charge in [0.1, 0.15) is 0 Å². The Morgan fingerprint density at radius 3 is 2.73 bits per heavy atom. The maximum absolute atomic E-state index is 11.7. The molecule has 0 aliphatic carbocycles. The molecule has 122 valence electrons. The molecule has 0 N–H and O–H groups in total. The first-order valence-corrected chi connectivity index (χ1v) is 9.58. The molecule has 1 aromatic carbocycles. The first-order valence-electron chi connectivity index (χ1n) is 7.76. The highest BCUT2D eigenvalue weighted by atomic mass is 32.2. The third kappa shape index (κ3) is 5.55. The summed E-state index contributed by atoms with van der Waals surface area (Å²) in [6, 6.07) is 10.3. The van der Waals surface area contributed by atoms with E-state index in [-0.39, 0.29) is 6.04 Å². The van der Waals surface area contributed by atoms with Gasteiger partial charge in [0.15, 0.2) is 9.84 Å². The molecule has 0 bridgehead atoms. The zero-order valence-corrected chi connectivity index (χ0v) is 14.0. The summed E-state index contributed by atoms with van der Waals surface area (Å²) >= 11 is 0. The van der Waals surface area contributed by atoms with Crippen LogP contribution in [0.3, 0.4) is 0 Å². The van der Waals surface area contributed by atoms with Gasteiger partial charge in [0.25, 0.3) is 0 Å². The average molecular weight is 323 g/mol. The zero-order chi connectivity index (χ0) is 15.8. The van der Waals surface area contributed by atoms with Crippen molar-refractivity contribution in [3.05, 3.63) is 42.0 Å². The molecule has 22 heavy (non-hydrogen) atoms. The number of hydrogen-bond acceptors (Lipinski definition) is 4. The maximum Gasteiger partial charge on any atom is 0.151 e. The van der Waals surface area contributed by atoms with Gasteiger partial charge in [0.05, 0.1) is 11.5 Å². The van der Waals surface area contributed by atoms with E-state index in [0.29, 0.717) is 18.1 Å². The van der Waals surface area contributed by atoms with E-state index in [1.807, 2.05) is 18.2 Å². The minimum absolute atomic E-state index is 0.141. The lowest BCUT2D eigenvalue weighted by molar-refractivity contribution is 0.162. The number of nitrogens with zero attached hydrogens (tertiary/aromatic N) is 1. The van der Waals surface area contributed by atoms with Crippen LogP contribution in [0.2, 0.25) is 0 Å². The molecule has 0 saturated carbocycles. The summed E-state index contributed by atoms with van der Waals surface area (Å²) in [5, 5.41) is 0. The van der Waals surface area contributed by atoms with E-state index in [9.17, 15) is 8.42 Å². The second kappa shape index (κ2) is 8.46. The standard InChI is InChI=1S/C17H25NO3S/c1-21-13-6-12-18(17-10-14-22(19,20)15-17)11-5-9-16-7-3-2-4-8-16/h2-5,7-9,17H,6,10-15H2,1H3/b9-5-/t17-/m1/s1. The molecule has 0 unspecified atom stereocenters. The van der Waals surface area contributed by atoms with Crippen LogP contribution in [-0.4, -0.2) is 57.7 Å². The number of hydrogen-bond donors (Lipinski definition) is 0. The second-order valence-electron chi connectivity index (χ2n) is 5.71. The average Bonchev–Trinajstić information content (AvgIpc) is 2.87. The molecular formula is C17H25NO3S. The van der Waals surface area contributed by atoms with Crippen molar-refractivity contribution in [3.8, 4) is 0 Å². The molecule has 1 aliphatic rings. The van der Waals surface area contributed by atoms with Crippen LogP contribution in [0.4, 0.5) is 0 Å². The van der Waals surface area contributed by atoms with E-state index in [4.69, 9.17) is 4.74 Å². The Kier molecular flexibility index (Phi) is 6.61. The molecule has 1 atom stereocenters. The van der Waals surface area contributed by atoms with Crippen molar-refractivity contribution in [1.82, 2.24) is 4.90 Å². The van der Waals surface area contributed by atoms with Crippen molar-refractivity contribution in [1.29, 1.82) is 0 Å². The second-order valence-corrected chi connectivity index (χ2v) is 7.94. The lowest BCUT2D eigenvalue weighted by atomic mass is 10.2. The van der Waals surface area contributed by atoms with E-state index in [2.05, 4.69) is 29.2 Å². The maximum atomic E-state index is 11.7. The molecule has 0 spiro atoms. The SMILES string of the molecule is COCCCN(C/C=C\c1ccccc1)[C@@H]1CCS(=O)(=O)C1. The van der Waals surface area contributed by atoms with Crippen molar-refractivity contribution in [2.45, 2.75) is 18.9 Å². The van der Waals surface area contributed by atoms with Crippen LogP contribution in [-0.2, 0) is 14.6 Å². The summed E-state index contributed by atoms with van der Waals surface area (Å²) < 4.78 is 28.5. The number of benzene rings is 1. The highest BCUT2D eigenvalue weighted by Crippen LogP contribution is 2.18. The third-order valence-corrected chi connectivity index (χ3v) is 5.72. The Morgan fingerprint density at radius 1 is 1.32 bits per heavy atom. The molecule has 0 amide bonds. The quantitative estimate of drug-likeness (QED) is 0.688. The van der Waals surface area contributed by atoms with Crippen molar-refractivity contribution in [2.24, 2.45) is 0 Å². The number of rotatable bonds is 8. The van der Waals surface area contributed by atoms with Crippen LogP contribution in [0.5, 0.6) is 0 Å². The third-order valence-electron chi connectivity index (χ3n) is 3.97. The minimum Gasteiger partial charge on any atom is -0.385 e. The highest BCUT2D eigenvalue weighted by molar-refractivity contribution is 7.91. The Morgan fingerprint density at radius 2 is 2.09 bits per heavy atom. The van der Waals surface area contributed by atoms with Crippen LogP contribution in [0, 0.1) is 0 Å². The molecular weight excluding hydrogens is 298 g/mol. The van der Waals surface area contributed by atoms with Crippen LogP contribution in [0.15, 0.2) is 36.4 Å². The summed E-state index contributed by atoms with van der Waals surface area (Å²) in [5.41, 5.74) is 1.17. The monoisotopic (exact) mass is 323 g/mol. The fourth-order valence-corrected chi connectivity index (χ4v) is 4.55. The van der Waals surface area contributed by atoms with Gasteiger partial charge in [-0.05, 0) is 18.4 Å². The van der Waals surface area contributed by atoms with Gasteiger partial charge in [0, 0.05) is 32.8 Å². The van der Waals surface area contributed by atoms with E-state index >= 15 is 0 Å². The number of methoxy groups -OCH3 is 1. The molecule has 1 saturated heterocycles. The highest BCUT2D eigenvalue weighted by Gasteiger charge is 2.31. The van der Waals surface area contributed by atoms with Crippen LogP contribution in [0.25, 0.3) is 6.08 Å². The fraction of sp³-hybridized carbons (Fsp3) is 0.529. The zero-order valence-electron chi connectivity index (χ0n) is 13.1. The number of ether oxygens (including phenoxy) is 1. The van der Waals surface area contributed by atoms with Gasteiger partial charge in [0.2, 0.25) is 0 Å². The van der Waals surface area contributed by atoms with E-state index in [0.717, 1.165) is 25.9 Å². The summed E-state index contributed by atoms with van der Waals surface area (Å²) in [6.07, 6.45) is 5.88. The number of sulfone groups is 1. The first-order chi connectivity index (χ1) is 10.6. The van der Waals surface area contributed by atoms with Crippen LogP contribution in [0.1, 0.15) is 18.4 Å². The predicted octanol–water partition coefficient (Wildman–Crippen LogP) is 2.23. The van der Waals surface area contributed by atoms with E-state index in [1.54, 1.807) is 7.11 Å². The van der Waals surface area contributed by atoms with Crippen LogP contribution < -0.4 is 0 Å². The van der Waals surface area contributed by atoms with Crippen molar-refractivity contribution >= 4 is 15.9 Å². The fourth-order valence-electron chi connectivity index (χ4n) is 2.79. The Bertz CT molecular complexity index is 569. The van der Waals surface area contributed by atoms with Gasteiger partial charge in [-0.1, -0.05) is 42.5 Å². The summed E-state index contributed by atoms with van der Waals surface area (Å²) in [6.45, 7) is 2.35. The molecule has 1 aliphatic heterocycles. The van der Waals surface area contributed by atoms with Gasteiger partial charge in [-0.25, -0.2) is 8.42 Å². The molecule has 2 rings (SSSR count). The molecule has 1 aromatic rings. The molecule has 5 heteroatoms. The van der Waals surface area contributed by atoms with Crippen molar-refractivity contribution < 1.29 is 13.2 Å². The van der Waals surface area contributed by atoms with Gasteiger partial charge in [-0.3, -0.25) is 4.90 Å². The van der Waals surface area contributed by atoms with Crippen LogP contribution >= 0.6 is 0 Å². The van der Waals surface area contributed by atoms with Gasteiger partial charge >= 0.3 is 0 Å². The summed E-state index contributed by atoms with van der Waals surface area (Å²) in [4.78, 5) is 2.27. The Balaban J connectivity index is 1.94. The lowest BCUT2D eigenvalue weighted by Crippen LogP contribution is -2.37. The molecule has 1 fully saturated rings. The van der Waals surface area contributed by atoms with Gasteiger partial charge < -0.3 is 4.74 Å². The van der Waals surface area contributed by atoms with Gasteiger partial charge in [-0.2, -0.15) is 0 Å². The topological polar surface area (TPSA) is 46.6 Å². The Hall–Kier alpha value is -1.17. The van der Waals surface area contributed by atoms with Crippen molar-refractivity contribution in [3.63, 3.8) is 0 Å². The molecule has 0 aromatic heterocycles. The van der Waals surface area contributed by atoms with Gasteiger partial charge in [-0.15, -0.1) is 0 Å². The first kappa shape index (κ1) is 17.2. The Labute approximate surface area is 133 Å². The molecule has 0 radical (unpaired) electrons. The van der Waals surface area contributed by atoms with E-state index in [1.165, 1.54) is 5.56 Å². The normalized spacial score (nSPS) is 20.9. The molecule has 1 heterocycles. The lowest BCUT2D eigenvalue weighted by Gasteiger charge is -2.26. The predicted molar refractivity (Wildman–Crippen MR) is 90.6 cm³/mol. The summed E-state index contributed by atoms with van der Waals surface area (Å²) in [7, 11) is -1.15. The largest absolute Gasteiger partial charge is 0.385 e. The minimum atomic E-state index is -2.85. The smallest absolute Gasteiger partial charge is 0.151 e. The van der Waals surface area contributed by atoms with Crippen molar-refractivity contribution in [2.75, 3.05) is 38.3 Å². The summed E-state index contributed by atoms with van der Waals surface area (Å²) in [5.74, 6) is 0.611. The van der Waals surface area contributed by atoms with E-state index < -0.39 is 9.84 Å². The molecule has 4 nitrogen and oxygen atoms in total.